The van der Waals surface area contributed by atoms with Crippen molar-refractivity contribution in [3.8, 4) is 0 Å². The summed E-state index contributed by atoms with van der Waals surface area (Å²) < 4.78 is 1.97. The fourth-order valence-corrected chi connectivity index (χ4v) is 4.05. The van der Waals surface area contributed by atoms with E-state index in [1.54, 1.807) is 23.9 Å². The molecular weight excluding hydrogens is 339 g/mol. The van der Waals surface area contributed by atoms with E-state index in [0.717, 1.165) is 15.6 Å². The van der Waals surface area contributed by atoms with E-state index in [-0.39, 0.29) is 12.5 Å². The summed E-state index contributed by atoms with van der Waals surface area (Å²) in [6.07, 6.45) is 1.79. The lowest BCUT2D eigenvalue weighted by Crippen LogP contribution is -2.03. The first-order valence-electron chi connectivity index (χ1n) is 6.91. The van der Waals surface area contributed by atoms with Crippen molar-refractivity contribution in [1.29, 1.82) is 0 Å². The molecular formula is C16H18Cl2N2OS. The van der Waals surface area contributed by atoms with Crippen LogP contribution in [0.2, 0.25) is 10.0 Å². The van der Waals surface area contributed by atoms with Gasteiger partial charge in [0.2, 0.25) is 0 Å². The third kappa shape index (κ3) is 3.87. The Kier molecular flexibility index (Phi) is 5.98. The summed E-state index contributed by atoms with van der Waals surface area (Å²) in [5.74, 6) is 0.882. The van der Waals surface area contributed by atoms with Gasteiger partial charge in [0.05, 0.1) is 5.69 Å². The molecule has 118 valence electrons. The maximum Gasteiger partial charge on any atom is 0.136 e. The Hall–Kier alpha value is -0.940. The van der Waals surface area contributed by atoms with Crippen LogP contribution in [0, 0.1) is 0 Å². The van der Waals surface area contributed by atoms with Crippen molar-refractivity contribution in [2.24, 2.45) is 0 Å². The van der Waals surface area contributed by atoms with Gasteiger partial charge in [-0.05, 0) is 24.1 Å². The predicted molar refractivity (Wildman–Crippen MR) is 93.0 cm³/mol. The molecule has 0 saturated heterocycles. The SMILES string of the molecule is C=CCn1c(CO)nc(C(C)C)c1Sc1cc(Cl)cc(Cl)c1. The van der Waals surface area contributed by atoms with Crippen molar-refractivity contribution in [3.05, 3.63) is 52.4 Å². The molecule has 0 bridgehead atoms. The Labute approximate surface area is 145 Å². The third-order valence-corrected chi connectivity index (χ3v) is 4.61. The average Bonchev–Trinajstić information content (AvgIpc) is 2.76. The standard InChI is InChI=1S/C16H18Cl2N2OS/c1-4-5-20-14(9-21)19-15(10(2)3)16(20)22-13-7-11(17)6-12(18)8-13/h4,6-8,10,21H,1,5,9H2,2-3H3. The van der Waals surface area contributed by atoms with Crippen LogP contribution >= 0.6 is 35.0 Å². The Morgan fingerprint density at radius 2 is 1.95 bits per heavy atom. The van der Waals surface area contributed by atoms with Crippen LogP contribution in [0.5, 0.6) is 0 Å². The summed E-state index contributed by atoms with van der Waals surface area (Å²) >= 11 is 13.7. The fraction of sp³-hybridized carbons (Fsp3) is 0.312. The quantitative estimate of drug-likeness (QED) is 0.727. The first-order chi connectivity index (χ1) is 10.5. The maximum absolute atomic E-state index is 9.55. The normalized spacial score (nSPS) is 11.2. The number of hydrogen-bond donors (Lipinski definition) is 1. The van der Waals surface area contributed by atoms with Crippen molar-refractivity contribution in [2.75, 3.05) is 0 Å². The van der Waals surface area contributed by atoms with Crippen LogP contribution in [-0.2, 0) is 13.2 Å². The second kappa shape index (κ2) is 7.55. The first-order valence-corrected chi connectivity index (χ1v) is 8.48. The molecule has 2 rings (SSSR count). The number of imidazole rings is 1. The molecule has 2 aromatic rings. The number of benzene rings is 1. The van der Waals surface area contributed by atoms with Crippen LogP contribution in [0.25, 0.3) is 0 Å². The van der Waals surface area contributed by atoms with Gasteiger partial charge in [-0.2, -0.15) is 0 Å². The zero-order valence-electron chi connectivity index (χ0n) is 12.5. The summed E-state index contributed by atoms with van der Waals surface area (Å²) in [6.45, 7) is 8.42. The number of allylic oxidation sites excluding steroid dienone is 1. The Morgan fingerprint density at radius 3 is 2.45 bits per heavy atom. The smallest absolute Gasteiger partial charge is 0.136 e. The molecule has 0 amide bonds. The molecule has 1 aromatic carbocycles. The molecule has 0 saturated carbocycles. The van der Waals surface area contributed by atoms with Crippen LogP contribution in [0.15, 0.2) is 40.8 Å². The molecule has 0 aliphatic rings. The lowest BCUT2D eigenvalue weighted by atomic mass is 10.1. The summed E-state index contributed by atoms with van der Waals surface area (Å²) in [6, 6.07) is 5.44. The number of aliphatic hydroxyl groups is 1. The predicted octanol–water partition coefficient (Wildman–Crippen LogP) is 5.14. The highest BCUT2D eigenvalue weighted by atomic mass is 35.5. The molecule has 3 nitrogen and oxygen atoms in total. The minimum absolute atomic E-state index is 0.107. The van der Waals surface area contributed by atoms with E-state index < -0.39 is 0 Å². The number of nitrogens with zero attached hydrogens (tertiary/aromatic N) is 2. The number of halogens is 2. The van der Waals surface area contributed by atoms with E-state index in [1.165, 1.54) is 0 Å². The summed E-state index contributed by atoms with van der Waals surface area (Å²) in [5, 5.41) is 11.7. The highest BCUT2D eigenvalue weighted by Crippen LogP contribution is 2.37. The van der Waals surface area contributed by atoms with Crippen LogP contribution in [-0.4, -0.2) is 14.7 Å². The van der Waals surface area contributed by atoms with E-state index in [4.69, 9.17) is 23.2 Å². The van der Waals surface area contributed by atoms with Gasteiger partial charge in [-0.15, -0.1) is 6.58 Å². The molecule has 0 atom stereocenters. The van der Waals surface area contributed by atoms with E-state index in [0.29, 0.717) is 22.4 Å². The monoisotopic (exact) mass is 356 g/mol. The molecule has 0 aliphatic carbocycles. The highest BCUT2D eigenvalue weighted by Gasteiger charge is 2.19. The van der Waals surface area contributed by atoms with Gasteiger partial charge < -0.3 is 9.67 Å². The first kappa shape index (κ1) is 17.4. The van der Waals surface area contributed by atoms with Crippen molar-refractivity contribution in [2.45, 2.75) is 42.8 Å². The lowest BCUT2D eigenvalue weighted by Gasteiger charge is -2.11. The van der Waals surface area contributed by atoms with E-state index in [1.807, 2.05) is 16.7 Å². The van der Waals surface area contributed by atoms with Gasteiger partial charge in [0.15, 0.2) is 0 Å². The van der Waals surface area contributed by atoms with Gasteiger partial charge in [-0.3, -0.25) is 0 Å². The zero-order chi connectivity index (χ0) is 16.3. The average molecular weight is 357 g/mol. The van der Waals surface area contributed by atoms with E-state index in [9.17, 15) is 5.11 Å². The van der Waals surface area contributed by atoms with Crippen LogP contribution in [0.4, 0.5) is 0 Å². The molecule has 1 aromatic heterocycles. The van der Waals surface area contributed by atoms with Crippen molar-refractivity contribution < 1.29 is 5.11 Å². The maximum atomic E-state index is 9.55. The topological polar surface area (TPSA) is 38.0 Å². The molecule has 0 fully saturated rings. The summed E-state index contributed by atoms with van der Waals surface area (Å²) in [7, 11) is 0. The number of rotatable bonds is 6. The molecule has 0 radical (unpaired) electrons. The summed E-state index contributed by atoms with van der Waals surface area (Å²) in [4.78, 5) is 5.51. The van der Waals surface area contributed by atoms with Gasteiger partial charge in [-0.25, -0.2) is 4.98 Å². The molecule has 0 unspecified atom stereocenters. The zero-order valence-corrected chi connectivity index (χ0v) is 14.8. The third-order valence-electron chi connectivity index (χ3n) is 3.08. The Morgan fingerprint density at radius 1 is 1.32 bits per heavy atom. The van der Waals surface area contributed by atoms with Crippen LogP contribution in [0.3, 0.4) is 0 Å². The largest absolute Gasteiger partial charge is 0.388 e. The second-order valence-electron chi connectivity index (χ2n) is 5.14. The Bertz CT molecular complexity index is 663. The van der Waals surface area contributed by atoms with E-state index >= 15 is 0 Å². The fourth-order valence-electron chi connectivity index (χ4n) is 2.12. The molecule has 22 heavy (non-hydrogen) atoms. The van der Waals surface area contributed by atoms with E-state index in [2.05, 4.69) is 25.4 Å². The van der Waals surface area contributed by atoms with Gasteiger partial charge in [0.25, 0.3) is 0 Å². The summed E-state index contributed by atoms with van der Waals surface area (Å²) in [5.41, 5.74) is 0.951. The van der Waals surface area contributed by atoms with Gasteiger partial charge in [0, 0.05) is 21.5 Å². The van der Waals surface area contributed by atoms with Crippen LogP contribution < -0.4 is 0 Å². The highest BCUT2D eigenvalue weighted by molar-refractivity contribution is 7.99. The number of hydrogen-bond acceptors (Lipinski definition) is 3. The van der Waals surface area contributed by atoms with Gasteiger partial charge in [0.1, 0.15) is 17.5 Å². The molecule has 1 heterocycles. The van der Waals surface area contributed by atoms with Crippen molar-refractivity contribution in [1.82, 2.24) is 9.55 Å². The Balaban J connectivity index is 2.51. The van der Waals surface area contributed by atoms with Gasteiger partial charge >= 0.3 is 0 Å². The lowest BCUT2D eigenvalue weighted by molar-refractivity contribution is 0.265. The van der Waals surface area contributed by atoms with Crippen molar-refractivity contribution >= 4 is 35.0 Å². The second-order valence-corrected chi connectivity index (χ2v) is 7.07. The molecule has 6 heteroatoms. The number of aromatic nitrogens is 2. The minimum Gasteiger partial charge on any atom is -0.388 e. The molecule has 0 spiro atoms. The minimum atomic E-state index is -0.107. The van der Waals surface area contributed by atoms with Crippen LogP contribution in [0.1, 0.15) is 31.3 Å². The van der Waals surface area contributed by atoms with Crippen molar-refractivity contribution in [3.63, 3.8) is 0 Å². The molecule has 0 aliphatic heterocycles. The van der Waals surface area contributed by atoms with Gasteiger partial charge in [-0.1, -0.05) is 54.9 Å². The number of aliphatic hydroxyl groups excluding tert-OH is 1. The molecule has 1 N–H and O–H groups in total.